The van der Waals surface area contributed by atoms with Crippen molar-refractivity contribution >= 4 is 17.7 Å². The molecule has 112 valence electrons. The second-order valence-corrected chi connectivity index (χ2v) is 6.49. The average molecular weight is 308 g/mol. The van der Waals surface area contributed by atoms with Gasteiger partial charge in [0.2, 0.25) is 6.29 Å². The van der Waals surface area contributed by atoms with Crippen LogP contribution in [0.2, 0.25) is 0 Å². The molecule has 0 amide bonds. The summed E-state index contributed by atoms with van der Waals surface area (Å²) in [4.78, 5) is 12.2. The largest absolute Gasteiger partial charge is 0.429 e. The Labute approximate surface area is 126 Å². The van der Waals surface area contributed by atoms with Gasteiger partial charge in [-0.05, 0) is 12.1 Å². The zero-order valence-corrected chi connectivity index (χ0v) is 12.2. The molecule has 3 aliphatic rings. The summed E-state index contributed by atoms with van der Waals surface area (Å²) < 4.78 is 22.9. The van der Waals surface area contributed by atoms with E-state index in [0.29, 0.717) is 18.8 Å². The van der Waals surface area contributed by atoms with Crippen LogP contribution in [0, 0.1) is 0 Å². The molecule has 0 aliphatic carbocycles. The molecule has 3 aliphatic heterocycles. The van der Waals surface area contributed by atoms with Crippen LogP contribution in [0.15, 0.2) is 30.3 Å². The van der Waals surface area contributed by atoms with Crippen molar-refractivity contribution in [3.05, 3.63) is 35.9 Å². The van der Waals surface area contributed by atoms with Gasteiger partial charge in [0.1, 0.15) is 6.10 Å². The summed E-state index contributed by atoms with van der Waals surface area (Å²) in [5, 5.41) is 0.184. The van der Waals surface area contributed by atoms with Crippen LogP contribution in [-0.2, 0) is 18.9 Å². The van der Waals surface area contributed by atoms with E-state index in [4.69, 9.17) is 18.9 Å². The van der Waals surface area contributed by atoms with Gasteiger partial charge in [-0.15, -0.1) is 11.8 Å². The number of esters is 1. The zero-order chi connectivity index (χ0) is 14.2. The summed E-state index contributed by atoms with van der Waals surface area (Å²) in [6.45, 7) is 0.918. The smallest absolute Gasteiger partial charge is 0.340 e. The monoisotopic (exact) mass is 308 g/mol. The first-order valence-electron chi connectivity index (χ1n) is 7.09. The van der Waals surface area contributed by atoms with Crippen molar-refractivity contribution in [3.8, 4) is 0 Å². The van der Waals surface area contributed by atoms with Gasteiger partial charge in [0.15, 0.2) is 0 Å². The number of carbonyl (C=O) groups is 1. The van der Waals surface area contributed by atoms with E-state index >= 15 is 0 Å². The Kier molecular flexibility index (Phi) is 3.62. The molecule has 1 aromatic rings. The first kappa shape index (κ1) is 13.6. The Balaban J connectivity index is 1.50. The second kappa shape index (κ2) is 5.61. The molecule has 0 saturated carbocycles. The van der Waals surface area contributed by atoms with Gasteiger partial charge in [-0.1, -0.05) is 18.2 Å². The molecule has 0 radical (unpaired) electrons. The van der Waals surface area contributed by atoms with E-state index in [1.165, 1.54) is 0 Å². The molecule has 0 unspecified atom stereocenters. The van der Waals surface area contributed by atoms with Crippen molar-refractivity contribution in [2.24, 2.45) is 0 Å². The molecule has 5 atom stereocenters. The SMILES string of the molecule is O=C(O[C@@H]1OCCO[C@@H]2[C@H]3SC[C@@H]2O[C@@H]13)c1ccccc1. The van der Waals surface area contributed by atoms with E-state index in [1.807, 2.05) is 30.0 Å². The number of benzene rings is 1. The molecule has 6 heteroatoms. The molecule has 4 rings (SSSR count). The summed E-state index contributed by atoms with van der Waals surface area (Å²) in [6.07, 6.45) is -0.718. The van der Waals surface area contributed by atoms with Gasteiger partial charge in [-0.2, -0.15) is 0 Å². The van der Waals surface area contributed by atoms with E-state index in [1.54, 1.807) is 12.1 Å². The molecule has 3 heterocycles. The Bertz CT molecular complexity index is 522. The van der Waals surface area contributed by atoms with Gasteiger partial charge in [0, 0.05) is 5.75 Å². The highest BCUT2D eigenvalue weighted by molar-refractivity contribution is 8.00. The minimum Gasteiger partial charge on any atom is -0.429 e. The highest BCUT2D eigenvalue weighted by Crippen LogP contribution is 2.44. The molecule has 3 fully saturated rings. The predicted molar refractivity (Wildman–Crippen MR) is 76.2 cm³/mol. The molecule has 1 aromatic carbocycles. The molecule has 21 heavy (non-hydrogen) atoms. The summed E-state index contributed by atoms with van der Waals surface area (Å²) in [5.74, 6) is 0.556. The van der Waals surface area contributed by atoms with Crippen LogP contribution in [-0.4, -0.2) is 54.8 Å². The Morgan fingerprint density at radius 2 is 1.95 bits per heavy atom. The first-order chi connectivity index (χ1) is 10.3. The van der Waals surface area contributed by atoms with Crippen LogP contribution in [0.1, 0.15) is 10.4 Å². The van der Waals surface area contributed by atoms with Gasteiger partial charge >= 0.3 is 5.97 Å². The van der Waals surface area contributed by atoms with Crippen molar-refractivity contribution < 1.29 is 23.7 Å². The fourth-order valence-electron chi connectivity index (χ4n) is 3.00. The molecule has 0 N–H and O–H groups in total. The number of carbonyl (C=O) groups excluding carboxylic acids is 1. The third kappa shape index (κ3) is 2.46. The summed E-state index contributed by atoms with van der Waals surface area (Å²) in [7, 11) is 0. The zero-order valence-electron chi connectivity index (χ0n) is 11.3. The first-order valence-corrected chi connectivity index (χ1v) is 8.14. The lowest BCUT2D eigenvalue weighted by atomic mass is 10.1. The Morgan fingerprint density at radius 1 is 1.14 bits per heavy atom. The van der Waals surface area contributed by atoms with E-state index < -0.39 is 6.29 Å². The third-order valence-corrected chi connectivity index (χ3v) is 5.42. The highest BCUT2D eigenvalue weighted by atomic mass is 32.2. The normalized spacial score (nSPS) is 37.8. The molecule has 0 aromatic heterocycles. The van der Waals surface area contributed by atoms with E-state index in [0.717, 1.165) is 5.75 Å². The number of ether oxygens (including phenoxy) is 4. The van der Waals surface area contributed by atoms with Gasteiger partial charge in [0.05, 0.1) is 36.2 Å². The topological polar surface area (TPSA) is 54.0 Å². The van der Waals surface area contributed by atoms with Gasteiger partial charge in [-0.3, -0.25) is 0 Å². The number of thioether (sulfide) groups is 1. The molecule has 5 nitrogen and oxygen atoms in total. The molecular formula is C15H16O5S. The van der Waals surface area contributed by atoms with Crippen LogP contribution < -0.4 is 0 Å². The van der Waals surface area contributed by atoms with Gasteiger partial charge in [-0.25, -0.2) is 4.79 Å². The summed E-state index contributed by atoms with van der Waals surface area (Å²) in [6, 6.07) is 8.94. The lowest BCUT2D eigenvalue weighted by Gasteiger charge is -2.30. The Hall–Kier alpha value is -1.08. The van der Waals surface area contributed by atoms with Crippen molar-refractivity contribution in [1.82, 2.24) is 0 Å². The lowest BCUT2D eigenvalue weighted by molar-refractivity contribution is -0.178. The van der Waals surface area contributed by atoms with Crippen LogP contribution in [0.25, 0.3) is 0 Å². The van der Waals surface area contributed by atoms with Crippen molar-refractivity contribution in [2.45, 2.75) is 29.9 Å². The minimum absolute atomic E-state index is 0.0876. The molecular weight excluding hydrogens is 292 g/mol. The number of hydrogen-bond donors (Lipinski definition) is 0. The number of hydrogen-bond acceptors (Lipinski definition) is 6. The maximum absolute atomic E-state index is 12.2. The van der Waals surface area contributed by atoms with Crippen LogP contribution >= 0.6 is 11.8 Å². The van der Waals surface area contributed by atoms with Crippen molar-refractivity contribution in [3.63, 3.8) is 0 Å². The Morgan fingerprint density at radius 3 is 2.81 bits per heavy atom. The van der Waals surface area contributed by atoms with Gasteiger partial charge < -0.3 is 18.9 Å². The predicted octanol–water partition coefficient (Wildman–Crippen LogP) is 1.47. The summed E-state index contributed by atoms with van der Waals surface area (Å²) in [5.41, 5.74) is 0.520. The van der Waals surface area contributed by atoms with Gasteiger partial charge in [0.25, 0.3) is 0 Å². The van der Waals surface area contributed by atoms with E-state index in [9.17, 15) is 4.79 Å². The van der Waals surface area contributed by atoms with Crippen LogP contribution in [0.3, 0.4) is 0 Å². The fraction of sp³-hybridized carbons (Fsp3) is 0.533. The summed E-state index contributed by atoms with van der Waals surface area (Å²) >= 11 is 1.81. The maximum Gasteiger partial charge on any atom is 0.340 e. The molecule has 3 saturated heterocycles. The second-order valence-electron chi connectivity index (χ2n) is 5.28. The highest BCUT2D eigenvalue weighted by Gasteiger charge is 2.55. The number of rotatable bonds is 2. The lowest BCUT2D eigenvalue weighted by Crippen LogP contribution is -2.43. The fourth-order valence-corrected chi connectivity index (χ4v) is 4.50. The van der Waals surface area contributed by atoms with Crippen LogP contribution in [0.4, 0.5) is 0 Å². The quantitative estimate of drug-likeness (QED) is 0.771. The molecule has 4 bridgehead atoms. The van der Waals surface area contributed by atoms with Crippen LogP contribution in [0.5, 0.6) is 0 Å². The van der Waals surface area contributed by atoms with Crippen molar-refractivity contribution in [1.29, 1.82) is 0 Å². The van der Waals surface area contributed by atoms with Crippen molar-refractivity contribution in [2.75, 3.05) is 19.0 Å². The standard InChI is InChI=1S/C15H16O5S/c16-14(9-4-2-1-3-5-9)20-15-12-13-11(17-6-7-18-15)10(19-12)8-21-13/h1-5,10-13,15H,6-8H2/t10-,11-,12+,13+,15-/m0/s1. The maximum atomic E-state index is 12.2. The van der Waals surface area contributed by atoms with E-state index in [2.05, 4.69) is 0 Å². The molecule has 0 spiro atoms. The minimum atomic E-state index is -0.660. The average Bonchev–Trinajstić information content (AvgIpc) is 3.07. The third-order valence-electron chi connectivity index (χ3n) is 3.98. The van der Waals surface area contributed by atoms with E-state index in [-0.39, 0.29) is 29.5 Å².